The number of anilines is 1. The summed E-state index contributed by atoms with van der Waals surface area (Å²) in [5.41, 5.74) is 6.66. The van der Waals surface area contributed by atoms with Crippen LogP contribution in [0.25, 0.3) is 0 Å². The van der Waals surface area contributed by atoms with Crippen molar-refractivity contribution < 1.29 is 4.74 Å². The zero-order chi connectivity index (χ0) is 11.3. The van der Waals surface area contributed by atoms with Crippen molar-refractivity contribution in [2.24, 2.45) is 0 Å². The van der Waals surface area contributed by atoms with Gasteiger partial charge in [-0.15, -0.1) is 0 Å². The smallest absolute Gasteiger partial charge is 0.156 e. The molecule has 1 aromatic heterocycles. The third kappa shape index (κ3) is 3.83. The molecule has 4 nitrogen and oxygen atoms in total. The van der Waals surface area contributed by atoms with Crippen molar-refractivity contribution in [3.8, 4) is 0 Å². The lowest BCUT2D eigenvalue weighted by Crippen LogP contribution is -2.06. The molecule has 1 heterocycles. The van der Waals surface area contributed by atoms with Crippen LogP contribution in [0.2, 0.25) is 0 Å². The molecule has 0 bridgehead atoms. The average molecular weight is 209 g/mol. The van der Waals surface area contributed by atoms with Crippen molar-refractivity contribution in [2.45, 2.75) is 39.7 Å². The zero-order valence-corrected chi connectivity index (χ0v) is 9.66. The Balaban J connectivity index is 2.71. The van der Waals surface area contributed by atoms with E-state index in [9.17, 15) is 0 Å². The Labute approximate surface area is 90.9 Å². The molecule has 0 amide bonds. The molecule has 15 heavy (non-hydrogen) atoms. The first-order valence-electron chi connectivity index (χ1n) is 5.34. The highest BCUT2D eigenvalue weighted by atomic mass is 16.5. The Hall–Kier alpha value is -1.16. The van der Waals surface area contributed by atoms with E-state index in [0.717, 1.165) is 18.7 Å². The number of ether oxygens (including phenoxy) is 1. The van der Waals surface area contributed by atoms with Crippen LogP contribution in [0.5, 0.6) is 0 Å². The first-order chi connectivity index (χ1) is 7.13. The van der Waals surface area contributed by atoms with E-state index < -0.39 is 0 Å². The molecule has 0 unspecified atom stereocenters. The third-order valence-corrected chi connectivity index (χ3v) is 1.98. The van der Waals surface area contributed by atoms with Gasteiger partial charge >= 0.3 is 0 Å². The van der Waals surface area contributed by atoms with Crippen LogP contribution in [-0.2, 0) is 11.3 Å². The lowest BCUT2D eigenvalue weighted by Gasteiger charge is -2.08. The molecule has 2 N–H and O–H groups in total. The van der Waals surface area contributed by atoms with E-state index in [4.69, 9.17) is 10.5 Å². The van der Waals surface area contributed by atoms with Crippen LogP contribution >= 0.6 is 0 Å². The summed E-state index contributed by atoms with van der Waals surface area (Å²) < 4.78 is 5.38. The number of hydrogen-bond donors (Lipinski definition) is 1. The summed E-state index contributed by atoms with van der Waals surface area (Å²) in [7, 11) is 0. The Bertz CT molecular complexity index is 313. The Morgan fingerprint density at radius 3 is 2.73 bits per heavy atom. The standard InChI is InChI=1S/C11H19N3O/c1-4-5-15-7-11-13-9(8(2)3)6-10(12)14-11/h6,8H,4-5,7H2,1-3H3,(H2,12,13,14). The molecule has 4 heteroatoms. The Morgan fingerprint density at radius 1 is 1.40 bits per heavy atom. The quantitative estimate of drug-likeness (QED) is 0.754. The molecule has 0 aliphatic carbocycles. The van der Waals surface area contributed by atoms with Crippen LogP contribution in [0.15, 0.2) is 6.07 Å². The van der Waals surface area contributed by atoms with Crippen molar-refractivity contribution in [1.82, 2.24) is 9.97 Å². The van der Waals surface area contributed by atoms with Gasteiger partial charge in [-0.25, -0.2) is 9.97 Å². The molecule has 0 radical (unpaired) electrons. The van der Waals surface area contributed by atoms with Crippen LogP contribution in [0.4, 0.5) is 5.82 Å². The second-order valence-electron chi connectivity index (χ2n) is 3.84. The van der Waals surface area contributed by atoms with Crippen LogP contribution in [0.1, 0.15) is 44.6 Å². The van der Waals surface area contributed by atoms with E-state index >= 15 is 0 Å². The summed E-state index contributed by atoms with van der Waals surface area (Å²) in [4.78, 5) is 8.52. The maximum absolute atomic E-state index is 5.69. The molecular formula is C11H19N3O. The molecule has 0 saturated heterocycles. The normalized spacial score (nSPS) is 10.9. The van der Waals surface area contributed by atoms with Crippen molar-refractivity contribution in [3.63, 3.8) is 0 Å². The summed E-state index contributed by atoms with van der Waals surface area (Å²) >= 11 is 0. The van der Waals surface area contributed by atoms with Gasteiger partial charge in [0.05, 0.1) is 0 Å². The minimum atomic E-state index is 0.361. The van der Waals surface area contributed by atoms with Crippen LogP contribution in [-0.4, -0.2) is 16.6 Å². The molecule has 0 aliphatic rings. The molecule has 0 spiro atoms. The summed E-state index contributed by atoms with van der Waals surface area (Å²) in [5.74, 6) is 1.55. The molecule has 0 atom stereocenters. The molecule has 0 aliphatic heterocycles. The monoisotopic (exact) mass is 209 g/mol. The van der Waals surface area contributed by atoms with Crippen LogP contribution in [0.3, 0.4) is 0 Å². The maximum atomic E-state index is 5.69. The minimum absolute atomic E-state index is 0.361. The third-order valence-electron chi connectivity index (χ3n) is 1.98. The summed E-state index contributed by atoms with van der Waals surface area (Å²) in [6.07, 6.45) is 0.999. The number of nitrogen functional groups attached to an aromatic ring is 1. The first-order valence-corrected chi connectivity index (χ1v) is 5.34. The number of nitrogens with two attached hydrogens (primary N) is 1. The Morgan fingerprint density at radius 2 is 2.13 bits per heavy atom. The van der Waals surface area contributed by atoms with E-state index in [2.05, 4.69) is 30.7 Å². The number of aromatic nitrogens is 2. The highest BCUT2D eigenvalue weighted by Gasteiger charge is 2.05. The molecule has 84 valence electrons. The van der Waals surface area contributed by atoms with Gasteiger partial charge in [0, 0.05) is 18.4 Å². The summed E-state index contributed by atoms with van der Waals surface area (Å²) in [5, 5.41) is 0. The van der Waals surface area contributed by atoms with Gasteiger partial charge in [0.15, 0.2) is 5.82 Å². The number of nitrogens with zero attached hydrogens (tertiary/aromatic N) is 2. The predicted octanol–water partition coefficient (Wildman–Crippen LogP) is 2.11. The van der Waals surface area contributed by atoms with Gasteiger partial charge in [-0.05, 0) is 12.3 Å². The van der Waals surface area contributed by atoms with Gasteiger partial charge in [0.25, 0.3) is 0 Å². The molecule has 0 aromatic carbocycles. The van der Waals surface area contributed by atoms with Gasteiger partial charge in [-0.1, -0.05) is 20.8 Å². The minimum Gasteiger partial charge on any atom is -0.384 e. The molecule has 1 rings (SSSR count). The largest absolute Gasteiger partial charge is 0.384 e. The fraction of sp³-hybridized carbons (Fsp3) is 0.636. The number of rotatable bonds is 5. The van der Waals surface area contributed by atoms with E-state index in [1.165, 1.54) is 0 Å². The summed E-state index contributed by atoms with van der Waals surface area (Å²) in [6, 6.07) is 1.81. The fourth-order valence-electron chi connectivity index (χ4n) is 1.21. The molecule has 0 saturated carbocycles. The van der Waals surface area contributed by atoms with Gasteiger partial charge in [0.1, 0.15) is 12.4 Å². The van der Waals surface area contributed by atoms with Gasteiger partial charge in [-0.3, -0.25) is 0 Å². The fourth-order valence-corrected chi connectivity index (χ4v) is 1.21. The molecule has 0 fully saturated rings. The Kier molecular flexibility index (Phi) is 4.49. The highest BCUT2D eigenvalue weighted by Crippen LogP contribution is 2.13. The highest BCUT2D eigenvalue weighted by molar-refractivity contribution is 5.30. The molecular weight excluding hydrogens is 190 g/mol. The van der Waals surface area contributed by atoms with E-state index in [1.54, 1.807) is 0 Å². The van der Waals surface area contributed by atoms with Crippen molar-refractivity contribution in [2.75, 3.05) is 12.3 Å². The van der Waals surface area contributed by atoms with Crippen LogP contribution < -0.4 is 5.73 Å². The van der Waals surface area contributed by atoms with Crippen molar-refractivity contribution >= 4 is 5.82 Å². The maximum Gasteiger partial charge on any atom is 0.156 e. The van der Waals surface area contributed by atoms with Crippen molar-refractivity contribution in [1.29, 1.82) is 0 Å². The average Bonchev–Trinajstić information content (AvgIpc) is 2.17. The lowest BCUT2D eigenvalue weighted by atomic mass is 10.1. The van der Waals surface area contributed by atoms with E-state index in [0.29, 0.717) is 24.2 Å². The molecule has 1 aromatic rings. The predicted molar refractivity (Wildman–Crippen MR) is 60.5 cm³/mol. The van der Waals surface area contributed by atoms with Crippen molar-refractivity contribution in [3.05, 3.63) is 17.6 Å². The van der Waals surface area contributed by atoms with Crippen LogP contribution in [0, 0.1) is 0 Å². The first kappa shape index (κ1) is 11.9. The zero-order valence-electron chi connectivity index (χ0n) is 9.66. The second kappa shape index (κ2) is 5.66. The number of hydrogen-bond acceptors (Lipinski definition) is 4. The van der Waals surface area contributed by atoms with E-state index in [-0.39, 0.29) is 0 Å². The SMILES string of the molecule is CCCOCc1nc(N)cc(C(C)C)n1. The summed E-state index contributed by atoms with van der Waals surface area (Å²) in [6.45, 7) is 7.41. The second-order valence-corrected chi connectivity index (χ2v) is 3.84. The topological polar surface area (TPSA) is 61.0 Å². The van der Waals surface area contributed by atoms with E-state index in [1.807, 2.05) is 6.07 Å². The van der Waals surface area contributed by atoms with Gasteiger partial charge in [0.2, 0.25) is 0 Å². The lowest BCUT2D eigenvalue weighted by molar-refractivity contribution is 0.116. The van der Waals surface area contributed by atoms with Gasteiger partial charge in [-0.2, -0.15) is 0 Å². The van der Waals surface area contributed by atoms with Gasteiger partial charge < -0.3 is 10.5 Å².